The van der Waals surface area contributed by atoms with Crippen molar-refractivity contribution in [1.29, 1.82) is 0 Å². The zero-order chi connectivity index (χ0) is 30.5. The van der Waals surface area contributed by atoms with E-state index in [1.54, 1.807) is 0 Å². The average Bonchev–Trinajstić information content (AvgIpc) is 3.41. The molecule has 216 valence electrons. The number of benzene rings is 6. The van der Waals surface area contributed by atoms with Crippen LogP contribution in [0, 0.1) is 0 Å². The summed E-state index contributed by atoms with van der Waals surface area (Å²) < 4.78 is 2.45. The third-order valence-electron chi connectivity index (χ3n) is 10.7. The molecule has 0 aliphatic carbocycles. The molecule has 0 amide bonds. The average molecular weight is 595 g/mol. The molecule has 2 aliphatic rings. The van der Waals surface area contributed by atoms with Gasteiger partial charge in [0.1, 0.15) is 8.07 Å². The lowest BCUT2D eigenvalue weighted by Crippen LogP contribution is -2.77. The summed E-state index contributed by atoms with van der Waals surface area (Å²) in [5.41, 5.74) is 11.8. The zero-order valence-corrected chi connectivity index (χ0v) is 27.3. The molecule has 0 N–H and O–H groups in total. The van der Waals surface area contributed by atoms with Gasteiger partial charge in [0.25, 0.3) is 0 Å². The second-order valence-corrected chi connectivity index (χ2v) is 18.1. The molecule has 9 rings (SSSR count). The molecule has 0 spiro atoms. The normalized spacial score (nSPS) is 15.8. The van der Waals surface area contributed by atoms with Gasteiger partial charge in [-0.25, -0.2) is 0 Å². The lowest BCUT2D eigenvalue weighted by atomic mass is 9.47. The van der Waals surface area contributed by atoms with Crippen molar-refractivity contribution in [2.45, 2.75) is 32.4 Å². The molecule has 2 aliphatic heterocycles. The minimum atomic E-state index is -1.92. The lowest BCUT2D eigenvalue weighted by molar-refractivity contribution is 0.635. The Labute approximate surface area is 266 Å². The molecule has 0 radical (unpaired) electrons. The fourth-order valence-electron chi connectivity index (χ4n) is 8.60. The first-order chi connectivity index (χ1) is 21.9. The van der Waals surface area contributed by atoms with Gasteiger partial charge < -0.3 is 9.38 Å². The maximum absolute atomic E-state index is 2.72. The molecule has 0 bridgehead atoms. The molecule has 0 atom stereocenters. The standard InChI is InChI=1S/C41H35BN2Si/c1-41(2)30-19-9-13-23-35(30)44(42-32-20-10-14-24-37(32)45(3,4)38-25-15-11-21-33(38)42)40-31(41)26-27-36-39(40)29-18-8-12-22-34(29)43(36)28-16-6-5-7-17-28/h5-27H,1-4H3. The van der Waals surface area contributed by atoms with Crippen LogP contribution in [0.25, 0.3) is 27.5 Å². The SMILES string of the molecule is CC1(C)c2ccccc2N(B2c3ccccc3[Si](C)(C)c3ccccc32)c2c1ccc1c2c2ccccc2n1-c1ccccc1. The van der Waals surface area contributed by atoms with Gasteiger partial charge in [-0.1, -0.05) is 157 Å². The van der Waals surface area contributed by atoms with Crippen LogP contribution in [-0.4, -0.2) is 19.5 Å². The lowest BCUT2D eigenvalue weighted by Gasteiger charge is -2.48. The first-order valence-corrected chi connectivity index (χ1v) is 19.1. The number of nitrogens with zero attached hydrogens (tertiary/aromatic N) is 2. The van der Waals surface area contributed by atoms with Crippen LogP contribution in [0.15, 0.2) is 140 Å². The number of anilines is 2. The predicted octanol–water partition coefficient (Wildman–Crippen LogP) is 7.50. The molecule has 1 aromatic heterocycles. The van der Waals surface area contributed by atoms with E-state index in [9.17, 15) is 0 Å². The highest BCUT2D eigenvalue weighted by molar-refractivity contribution is 7.12. The maximum atomic E-state index is 2.72. The Morgan fingerprint density at radius 1 is 0.556 bits per heavy atom. The van der Waals surface area contributed by atoms with E-state index in [0.717, 1.165) is 0 Å². The second kappa shape index (κ2) is 9.35. The van der Waals surface area contributed by atoms with Gasteiger partial charge in [0.2, 0.25) is 0 Å². The van der Waals surface area contributed by atoms with Gasteiger partial charge in [0.15, 0.2) is 0 Å². The number of fused-ring (bicyclic) bond motifs is 8. The maximum Gasteiger partial charge on any atom is 0.327 e. The highest BCUT2D eigenvalue weighted by Crippen LogP contribution is 2.53. The Balaban J connectivity index is 1.47. The Kier molecular flexibility index (Phi) is 5.53. The van der Waals surface area contributed by atoms with E-state index >= 15 is 0 Å². The van der Waals surface area contributed by atoms with Gasteiger partial charge in [0.05, 0.1) is 11.0 Å². The second-order valence-electron chi connectivity index (χ2n) is 13.8. The van der Waals surface area contributed by atoms with Crippen molar-refractivity contribution >= 4 is 69.4 Å². The Bertz CT molecular complexity index is 2250. The van der Waals surface area contributed by atoms with E-state index in [4.69, 9.17) is 0 Å². The summed E-state index contributed by atoms with van der Waals surface area (Å²) in [5.74, 6) is 0. The minimum absolute atomic E-state index is 0.0540. The summed E-state index contributed by atoms with van der Waals surface area (Å²) >= 11 is 0. The minimum Gasteiger partial charge on any atom is -0.376 e. The molecule has 0 fully saturated rings. The third kappa shape index (κ3) is 3.52. The van der Waals surface area contributed by atoms with Crippen LogP contribution in [0.2, 0.25) is 13.1 Å². The van der Waals surface area contributed by atoms with Crippen molar-refractivity contribution in [1.82, 2.24) is 4.57 Å². The summed E-state index contributed by atoms with van der Waals surface area (Å²) in [6, 6.07) is 52.3. The molecule has 6 aromatic carbocycles. The molecular formula is C41H35BN2Si. The van der Waals surface area contributed by atoms with Gasteiger partial charge >= 0.3 is 6.85 Å². The van der Waals surface area contributed by atoms with Crippen LogP contribution in [0.5, 0.6) is 0 Å². The molecular weight excluding hydrogens is 559 g/mol. The van der Waals surface area contributed by atoms with Crippen molar-refractivity contribution in [2.75, 3.05) is 4.81 Å². The molecule has 45 heavy (non-hydrogen) atoms. The fourth-order valence-corrected chi connectivity index (χ4v) is 11.8. The molecule has 4 heteroatoms. The largest absolute Gasteiger partial charge is 0.376 e. The highest BCUT2D eigenvalue weighted by Gasteiger charge is 2.48. The van der Waals surface area contributed by atoms with E-state index in [0.29, 0.717) is 0 Å². The Morgan fingerprint density at radius 2 is 1.16 bits per heavy atom. The van der Waals surface area contributed by atoms with Crippen molar-refractivity contribution in [2.24, 2.45) is 0 Å². The van der Waals surface area contributed by atoms with E-state index in [-0.39, 0.29) is 12.3 Å². The molecule has 0 unspecified atom stereocenters. The van der Waals surface area contributed by atoms with Gasteiger partial charge in [-0.15, -0.1) is 0 Å². The molecule has 0 saturated carbocycles. The van der Waals surface area contributed by atoms with Gasteiger partial charge in [0, 0.05) is 33.2 Å². The van der Waals surface area contributed by atoms with Crippen molar-refractivity contribution in [3.63, 3.8) is 0 Å². The van der Waals surface area contributed by atoms with E-state index in [1.807, 2.05) is 0 Å². The summed E-state index contributed by atoms with van der Waals surface area (Å²) in [6.45, 7) is 9.91. The van der Waals surface area contributed by atoms with Crippen LogP contribution in [0.3, 0.4) is 0 Å². The van der Waals surface area contributed by atoms with Crippen LogP contribution in [0.1, 0.15) is 25.0 Å². The van der Waals surface area contributed by atoms with E-state index < -0.39 is 8.07 Å². The topological polar surface area (TPSA) is 8.17 Å². The fraction of sp³-hybridized carbons (Fsp3) is 0.122. The monoisotopic (exact) mass is 594 g/mol. The quantitative estimate of drug-likeness (QED) is 0.188. The Hall–Kier alpha value is -4.80. The number of hydrogen-bond acceptors (Lipinski definition) is 1. The van der Waals surface area contributed by atoms with Crippen molar-refractivity contribution < 1.29 is 0 Å². The smallest absolute Gasteiger partial charge is 0.327 e. The van der Waals surface area contributed by atoms with Crippen LogP contribution < -0.4 is 26.1 Å². The number of rotatable bonds is 2. The van der Waals surface area contributed by atoms with E-state index in [2.05, 4.69) is 176 Å². The summed E-state index contributed by atoms with van der Waals surface area (Å²) in [5, 5.41) is 5.69. The van der Waals surface area contributed by atoms with Crippen LogP contribution in [-0.2, 0) is 5.41 Å². The van der Waals surface area contributed by atoms with Gasteiger partial charge in [-0.3, -0.25) is 0 Å². The number of hydrogen-bond donors (Lipinski definition) is 0. The van der Waals surface area contributed by atoms with Crippen LogP contribution in [0.4, 0.5) is 11.4 Å². The number of aromatic nitrogens is 1. The van der Waals surface area contributed by atoms with Gasteiger partial charge in [-0.2, -0.15) is 0 Å². The highest BCUT2D eigenvalue weighted by atomic mass is 28.3. The molecule has 0 saturated heterocycles. The van der Waals surface area contributed by atoms with E-state index in [1.165, 1.54) is 71.3 Å². The summed E-state index contributed by atoms with van der Waals surface area (Å²) in [4.78, 5) is 2.72. The van der Waals surface area contributed by atoms with Crippen molar-refractivity contribution in [3.8, 4) is 5.69 Å². The summed E-state index contributed by atoms with van der Waals surface area (Å²) in [7, 11) is -1.92. The summed E-state index contributed by atoms with van der Waals surface area (Å²) in [6.07, 6.45) is 0. The molecule has 2 nitrogen and oxygen atoms in total. The third-order valence-corrected chi connectivity index (χ3v) is 14.3. The van der Waals surface area contributed by atoms with Crippen molar-refractivity contribution in [3.05, 3.63) is 151 Å². The predicted molar refractivity (Wildman–Crippen MR) is 196 cm³/mol. The first-order valence-electron chi connectivity index (χ1n) is 16.1. The number of para-hydroxylation sites is 3. The Morgan fingerprint density at radius 3 is 1.89 bits per heavy atom. The molecule has 7 aromatic rings. The first kappa shape index (κ1) is 26.6. The van der Waals surface area contributed by atoms with Gasteiger partial charge in [-0.05, 0) is 41.5 Å². The zero-order valence-electron chi connectivity index (χ0n) is 26.3. The molecule has 3 heterocycles. The van der Waals surface area contributed by atoms with Crippen LogP contribution >= 0.6 is 0 Å².